The molecule has 0 spiro atoms. The summed E-state index contributed by atoms with van der Waals surface area (Å²) in [4.78, 5) is 27.1. The number of benzene rings is 2. The van der Waals surface area contributed by atoms with E-state index in [1.807, 2.05) is 6.92 Å². The normalized spacial score (nSPS) is 16.8. The van der Waals surface area contributed by atoms with Crippen LogP contribution in [-0.4, -0.2) is 29.1 Å². The summed E-state index contributed by atoms with van der Waals surface area (Å²) < 4.78 is 14.2. The maximum atomic E-state index is 14.2. The minimum atomic E-state index is -1.07. The van der Waals surface area contributed by atoms with Crippen LogP contribution in [0.25, 0.3) is 0 Å². The van der Waals surface area contributed by atoms with Crippen molar-refractivity contribution in [2.24, 2.45) is 0 Å². The van der Waals surface area contributed by atoms with E-state index in [1.54, 1.807) is 37.1 Å². The van der Waals surface area contributed by atoms with E-state index < -0.39 is 5.97 Å². The van der Waals surface area contributed by atoms with Gasteiger partial charge in [-0.25, -0.2) is 14.0 Å². The number of carboxylic acids is 1. The van der Waals surface area contributed by atoms with Crippen LogP contribution in [0.5, 0.6) is 0 Å². The number of carbonyl (C=O) groups is 2. The van der Waals surface area contributed by atoms with Crippen molar-refractivity contribution >= 4 is 17.7 Å². The first-order chi connectivity index (χ1) is 11.8. The number of halogens is 1. The number of rotatable bonds is 3. The number of hydrogen-bond donors (Lipinski definition) is 1. The number of anilines is 1. The number of urea groups is 1. The smallest absolute Gasteiger partial charge is 0.335 e. The van der Waals surface area contributed by atoms with Crippen LogP contribution in [-0.2, 0) is 6.54 Å². The van der Waals surface area contributed by atoms with Crippen LogP contribution in [0.4, 0.5) is 14.9 Å². The summed E-state index contributed by atoms with van der Waals surface area (Å²) in [5.74, 6) is -1.45. The van der Waals surface area contributed by atoms with Crippen LogP contribution in [0, 0.1) is 12.7 Å². The van der Waals surface area contributed by atoms with Gasteiger partial charge in [0.1, 0.15) is 5.82 Å². The fourth-order valence-electron chi connectivity index (χ4n) is 3.11. The number of aryl methyl sites for hydroxylation is 1. The van der Waals surface area contributed by atoms with Gasteiger partial charge in [0.25, 0.3) is 0 Å². The quantitative estimate of drug-likeness (QED) is 0.918. The lowest BCUT2D eigenvalue weighted by atomic mass is 9.98. The lowest BCUT2D eigenvalue weighted by Crippen LogP contribution is -2.46. The van der Waals surface area contributed by atoms with E-state index in [4.69, 9.17) is 0 Å². The molecule has 1 atom stereocenters. The van der Waals surface area contributed by atoms with Gasteiger partial charge in [-0.15, -0.1) is 0 Å². The average molecular weight is 342 g/mol. The summed E-state index contributed by atoms with van der Waals surface area (Å²) in [6.07, 6.45) is 0. The van der Waals surface area contributed by atoms with Gasteiger partial charge in [0, 0.05) is 12.6 Å². The molecule has 0 aliphatic carbocycles. The topological polar surface area (TPSA) is 60.9 Å². The first-order valence-electron chi connectivity index (χ1n) is 7.96. The fraction of sp³-hybridized carbons (Fsp3) is 0.263. The molecule has 1 aliphatic heterocycles. The van der Waals surface area contributed by atoms with Gasteiger partial charge >= 0.3 is 12.0 Å². The van der Waals surface area contributed by atoms with Crippen LogP contribution in [0.2, 0.25) is 0 Å². The van der Waals surface area contributed by atoms with Gasteiger partial charge in [-0.2, -0.15) is 0 Å². The second-order valence-electron chi connectivity index (χ2n) is 6.27. The zero-order valence-corrected chi connectivity index (χ0v) is 14.3. The molecule has 6 heteroatoms. The molecule has 1 unspecified atom stereocenters. The van der Waals surface area contributed by atoms with E-state index in [1.165, 1.54) is 23.1 Å². The molecule has 2 amide bonds. The van der Waals surface area contributed by atoms with Gasteiger partial charge in [-0.05, 0) is 43.2 Å². The lowest BCUT2D eigenvalue weighted by molar-refractivity contribution is 0.0696. The van der Waals surface area contributed by atoms with Crippen molar-refractivity contribution in [2.45, 2.75) is 26.4 Å². The SMILES string of the molecule is Cc1cccc(F)c1CN1C(=O)N(C)C(C)c2ccc(C(=O)O)cc21. The van der Waals surface area contributed by atoms with E-state index in [2.05, 4.69) is 0 Å². The number of carboxylic acid groups (broad SMARTS) is 1. The number of nitrogens with zero attached hydrogens (tertiary/aromatic N) is 2. The van der Waals surface area contributed by atoms with Crippen molar-refractivity contribution in [2.75, 3.05) is 11.9 Å². The van der Waals surface area contributed by atoms with Gasteiger partial charge in [0.15, 0.2) is 0 Å². The maximum Gasteiger partial charge on any atom is 0.335 e. The van der Waals surface area contributed by atoms with Crippen LogP contribution in [0.1, 0.15) is 40.0 Å². The highest BCUT2D eigenvalue weighted by Gasteiger charge is 2.34. The largest absolute Gasteiger partial charge is 0.478 e. The number of carbonyl (C=O) groups excluding carboxylic acids is 1. The number of amides is 2. The van der Waals surface area contributed by atoms with Crippen LogP contribution in [0.3, 0.4) is 0 Å². The zero-order valence-electron chi connectivity index (χ0n) is 14.3. The van der Waals surface area contributed by atoms with E-state index in [9.17, 15) is 19.1 Å². The van der Waals surface area contributed by atoms with E-state index in [-0.39, 0.29) is 30.0 Å². The summed E-state index contributed by atoms with van der Waals surface area (Å²) in [6.45, 7) is 3.71. The third kappa shape index (κ3) is 2.84. The van der Waals surface area contributed by atoms with Gasteiger partial charge in [-0.3, -0.25) is 4.90 Å². The molecule has 130 valence electrons. The molecule has 2 aromatic carbocycles. The molecule has 0 saturated heterocycles. The molecule has 1 aliphatic rings. The second kappa shape index (κ2) is 6.20. The third-order valence-corrected chi connectivity index (χ3v) is 4.80. The first kappa shape index (κ1) is 17.0. The molecule has 3 rings (SSSR count). The Morgan fingerprint density at radius 3 is 2.64 bits per heavy atom. The third-order valence-electron chi connectivity index (χ3n) is 4.80. The van der Waals surface area contributed by atoms with Crippen LogP contribution in [0.15, 0.2) is 36.4 Å². The van der Waals surface area contributed by atoms with Crippen LogP contribution >= 0.6 is 0 Å². The molecule has 0 aromatic heterocycles. The fourth-order valence-corrected chi connectivity index (χ4v) is 3.11. The Bertz CT molecular complexity index is 845. The van der Waals surface area contributed by atoms with Gasteiger partial charge < -0.3 is 10.0 Å². The summed E-state index contributed by atoms with van der Waals surface area (Å²) in [6, 6.07) is 9.01. The Morgan fingerprint density at radius 2 is 2.00 bits per heavy atom. The summed E-state index contributed by atoms with van der Waals surface area (Å²) in [5, 5.41) is 9.26. The molecule has 1 heterocycles. The Kier molecular flexibility index (Phi) is 4.20. The molecule has 0 fully saturated rings. The zero-order chi connectivity index (χ0) is 18.3. The highest BCUT2D eigenvalue weighted by atomic mass is 19.1. The monoisotopic (exact) mass is 342 g/mol. The molecular formula is C19H19FN2O3. The first-order valence-corrected chi connectivity index (χ1v) is 7.96. The van der Waals surface area contributed by atoms with Crippen molar-refractivity contribution in [1.29, 1.82) is 0 Å². The number of hydrogen-bond acceptors (Lipinski definition) is 2. The molecule has 0 radical (unpaired) electrons. The highest BCUT2D eigenvalue weighted by Crippen LogP contribution is 2.37. The van der Waals surface area contributed by atoms with Crippen molar-refractivity contribution < 1.29 is 19.1 Å². The molecule has 25 heavy (non-hydrogen) atoms. The van der Waals surface area contributed by atoms with Crippen molar-refractivity contribution in [3.63, 3.8) is 0 Å². The van der Waals surface area contributed by atoms with Gasteiger partial charge in [-0.1, -0.05) is 18.2 Å². The standard InChI is InChI=1S/C19H19FN2O3/c1-11-5-4-6-16(20)15(11)10-22-17-9-13(18(23)24)7-8-14(17)12(2)21(3)19(22)25/h4-9,12H,10H2,1-3H3,(H,23,24). The Hall–Kier alpha value is -2.89. The maximum absolute atomic E-state index is 14.2. The van der Waals surface area contributed by atoms with Crippen molar-refractivity contribution in [3.05, 3.63) is 64.5 Å². The number of aromatic carboxylic acids is 1. The predicted molar refractivity (Wildman–Crippen MR) is 92.3 cm³/mol. The van der Waals surface area contributed by atoms with Gasteiger partial charge in [0.2, 0.25) is 0 Å². The Balaban J connectivity index is 2.12. The Labute approximate surface area is 145 Å². The summed E-state index contributed by atoms with van der Waals surface area (Å²) in [5.41, 5.74) is 2.60. The highest BCUT2D eigenvalue weighted by molar-refractivity contribution is 5.97. The number of fused-ring (bicyclic) bond motifs is 1. The van der Waals surface area contributed by atoms with E-state index >= 15 is 0 Å². The molecule has 1 N–H and O–H groups in total. The van der Waals surface area contributed by atoms with Crippen LogP contribution < -0.4 is 4.90 Å². The van der Waals surface area contributed by atoms with Crippen molar-refractivity contribution in [3.8, 4) is 0 Å². The molecule has 0 bridgehead atoms. The minimum absolute atomic E-state index is 0.0461. The molecule has 2 aromatic rings. The summed E-state index contributed by atoms with van der Waals surface area (Å²) >= 11 is 0. The minimum Gasteiger partial charge on any atom is -0.478 e. The molecular weight excluding hydrogens is 323 g/mol. The lowest BCUT2D eigenvalue weighted by Gasteiger charge is -2.39. The summed E-state index contributed by atoms with van der Waals surface area (Å²) in [7, 11) is 1.68. The van der Waals surface area contributed by atoms with Crippen molar-refractivity contribution in [1.82, 2.24) is 4.90 Å². The van der Waals surface area contributed by atoms with E-state index in [0.717, 1.165) is 11.1 Å². The average Bonchev–Trinajstić information content (AvgIpc) is 2.58. The Morgan fingerprint density at radius 1 is 1.28 bits per heavy atom. The second-order valence-corrected chi connectivity index (χ2v) is 6.27. The predicted octanol–water partition coefficient (Wildman–Crippen LogP) is 3.97. The molecule has 5 nitrogen and oxygen atoms in total. The van der Waals surface area contributed by atoms with E-state index in [0.29, 0.717) is 11.3 Å². The van der Waals surface area contributed by atoms with Gasteiger partial charge in [0.05, 0.1) is 23.8 Å². The molecule has 0 saturated carbocycles.